The number of nitrogens with zero attached hydrogens (tertiary/aromatic N) is 1. The Morgan fingerprint density at radius 3 is 2.81 bits per heavy atom. The molecule has 1 aliphatic heterocycles. The lowest BCUT2D eigenvalue weighted by atomic mass is 9.97. The molecule has 5 nitrogen and oxygen atoms in total. The normalized spacial score (nSPS) is 18.8. The number of amides is 2. The van der Waals surface area contributed by atoms with Gasteiger partial charge in [-0.2, -0.15) is 0 Å². The van der Waals surface area contributed by atoms with Crippen LogP contribution in [0.4, 0.5) is 10.5 Å². The molecule has 2 N–H and O–H groups in total. The summed E-state index contributed by atoms with van der Waals surface area (Å²) in [5.74, 6) is -0.983. The Hall–Kier alpha value is -2.04. The van der Waals surface area contributed by atoms with Crippen LogP contribution in [-0.2, 0) is 11.2 Å². The highest BCUT2D eigenvalue weighted by molar-refractivity contribution is 5.96. The highest BCUT2D eigenvalue weighted by Gasteiger charge is 2.30. The number of anilines is 1. The standard InChI is InChI=1S/C16H22N2O3/c1-3-6-13(15(19)20)17-16(21)18-11(2)9-10-12-7-4-5-8-14(12)18/h4-5,7-8,11,13H,3,6,9-10H2,1-2H3,(H,17,21)(H,19,20)/t11?,13-/m0/s1. The Balaban J connectivity index is 2.20. The summed E-state index contributed by atoms with van der Waals surface area (Å²) in [5, 5.41) is 11.8. The van der Waals surface area contributed by atoms with Crippen molar-refractivity contribution in [3.05, 3.63) is 29.8 Å². The van der Waals surface area contributed by atoms with E-state index in [2.05, 4.69) is 5.32 Å². The van der Waals surface area contributed by atoms with Gasteiger partial charge in [-0.15, -0.1) is 0 Å². The quantitative estimate of drug-likeness (QED) is 0.896. The van der Waals surface area contributed by atoms with Crippen LogP contribution in [0.25, 0.3) is 0 Å². The van der Waals surface area contributed by atoms with E-state index < -0.39 is 12.0 Å². The number of carbonyl (C=O) groups is 2. The summed E-state index contributed by atoms with van der Waals surface area (Å²) in [7, 11) is 0. The molecule has 114 valence electrons. The minimum absolute atomic E-state index is 0.0657. The van der Waals surface area contributed by atoms with Crippen molar-refractivity contribution in [2.45, 2.75) is 51.6 Å². The molecule has 21 heavy (non-hydrogen) atoms. The fourth-order valence-corrected chi connectivity index (χ4v) is 2.76. The van der Waals surface area contributed by atoms with Gasteiger partial charge in [-0.05, 0) is 37.8 Å². The number of para-hydroxylation sites is 1. The van der Waals surface area contributed by atoms with Gasteiger partial charge in [-0.1, -0.05) is 31.5 Å². The van der Waals surface area contributed by atoms with Gasteiger partial charge >= 0.3 is 12.0 Å². The second-order valence-electron chi connectivity index (χ2n) is 5.52. The Labute approximate surface area is 125 Å². The number of fused-ring (bicyclic) bond motifs is 1. The molecule has 0 aromatic heterocycles. The van der Waals surface area contributed by atoms with Crippen molar-refractivity contribution in [2.75, 3.05) is 4.90 Å². The van der Waals surface area contributed by atoms with Gasteiger partial charge in [0.1, 0.15) is 6.04 Å². The fraction of sp³-hybridized carbons (Fsp3) is 0.500. The smallest absolute Gasteiger partial charge is 0.326 e. The maximum Gasteiger partial charge on any atom is 0.326 e. The third-order valence-electron chi connectivity index (χ3n) is 3.92. The number of benzene rings is 1. The zero-order chi connectivity index (χ0) is 15.4. The van der Waals surface area contributed by atoms with Gasteiger partial charge in [0.05, 0.1) is 0 Å². The number of urea groups is 1. The number of aliphatic carboxylic acids is 1. The summed E-state index contributed by atoms with van der Waals surface area (Å²) in [6.07, 6.45) is 2.97. The number of carboxylic acids is 1. The minimum atomic E-state index is -0.983. The van der Waals surface area contributed by atoms with Gasteiger partial charge in [-0.3, -0.25) is 4.90 Å². The lowest BCUT2D eigenvalue weighted by Crippen LogP contribution is -2.52. The largest absolute Gasteiger partial charge is 0.480 e. The molecule has 2 rings (SSSR count). The van der Waals surface area contributed by atoms with Crippen LogP contribution in [0, 0.1) is 0 Å². The molecule has 2 amide bonds. The van der Waals surface area contributed by atoms with E-state index in [1.165, 1.54) is 0 Å². The second-order valence-corrected chi connectivity index (χ2v) is 5.52. The first kappa shape index (κ1) is 15.4. The van der Waals surface area contributed by atoms with Gasteiger partial charge < -0.3 is 10.4 Å². The van der Waals surface area contributed by atoms with Crippen molar-refractivity contribution in [2.24, 2.45) is 0 Å². The number of hydrogen-bond donors (Lipinski definition) is 2. The lowest BCUT2D eigenvalue weighted by Gasteiger charge is -2.35. The van der Waals surface area contributed by atoms with E-state index in [9.17, 15) is 14.7 Å². The second kappa shape index (κ2) is 6.61. The summed E-state index contributed by atoms with van der Waals surface area (Å²) in [6.45, 7) is 3.89. The van der Waals surface area contributed by atoms with E-state index in [0.717, 1.165) is 24.1 Å². The Kier molecular flexibility index (Phi) is 4.83. The zero-order valence-corrected chi connectivity index (χ0v) is 12.5. The van der Waals surface area contributed by atoms with E-state index in [1.54, 1.807) is 4.90 Å². The van der Waals surface area contributed by atoms with Crippen LogP contribution in [0.1, 0.15) is 38.7 Å². The van der Waals surface area contributed by atoms with Crippen LogP contribution in [0.15, 0.2) is 24.3 Å². The molecular formula is C16H22N2O3. The summed E-state index contributed by atoms with van der Waals surface area (Å²) >= 11 is 0. The average molecular weight is 290 g/mol. The van der Waals surface area contributed by atoms with E-state index >= 15 is 0 Å². The third-order valence-corrected chi connectivity index (χ3v) is 3.92. The van der Waals surface area contributed by atoms with E-state index in [4.69, 9.17) is 0 Å². The Morgan fingerprint density at radius 1 is 1.43 bits per heavy atom. The molecule has 1 heterocycles. The molecule has 1 unspecified atom stereocenters. The van der Waals surface area contributed by atoms with Crippen LogP contribution in [0.5, 0.6) is 0 Å². The zero-order valence-electron chi connectivity index (χ0n) is 12.5. The van der Waals surface area contributed by atoms with Crippen molar-refractivity contribution in [1.82, 2.24) is 5.32 Å². The molecule has 0 fully saturated rings. The van der Waals surface area contributed by atoms with Crippen LogP contribution in [0.3, 0.4) is 0 Å². The van der Waals surface area contributed by atoms with E-state index in [0.29, 0.717) is 12.8 Å². The monoisotopic (exact) mass is 290 g/mol. The van der Waals surface area contributed by atoms with Gasteiger partial charge in [0.15, 0.2) is 0 Å². The number of nitrogens with one attached hydrogen (secondary N) is 1. The maximum absolute atomic E-state index is 12.5. The SMILES string of the molecule is CCC[C@H](NC(=O)N1c2ccccc2CCC1C)C(=O)O. The van der Waals surface area contributed by atoms with Gasteiger partial charge in [0.25, 0.3) is 0 Å². The summed E-state index contributed by atoms with van der Waals surface area (Å²) < 4.78 is 0. The van der Waals surface area contributed by atoms with E-state index in [-0.39, 0.29) is 12.1 Å². The molecule has 5 heteroatoms. The van der Waals surface area contributed by atoms with Gasteiger partial charge in [-0.25, -0.2) is 9.59 Å². The van der Waals surface area contributed by atoms with Crippen molar-refractivity contribution in [1.29, 1.82) is 0 Å². The van der Waals surface area contributed by atoms with Crippen molar-refractivity contribution in [3.63, 3.8) is 0 Å². The van der Waals surface area contributed by atoms with Gasteiger partial charge in [0.2, 0.25) is 0 Å². The predicted molar refractivity (Wildman–Crippen MR) is 81.6 cm³/mol. The van der Waals surface area contributed by atoms with Crippen molar-refractivity contribution >= 4 is 17.7 Å². The van der Waals surface area contributed by atoms with Crippen LogP contribution in [-0.4, -0.2) is 29.2 Å². The highest BCUT2D eigenvalue weighted by Crippen LogP contribution is 2.30. The van der Waals surface area contributed by atoms with Crippen LogP contribution >= 0.6 is 0 Å². The fourth-order valence-electron chi connectivity index (χ4n) is 2.76. The molecule has 1 aromatic carbocycles. The number of carbonyl (C=O) groups excluding carboxylic acids is 1. The number of hydrogen-bond acceptors (Lipinski definition) is 2. The number of aryl methyl sites for hydroxylation is 1. The van der Waals surface area contributed by atoms with Crippen LogP contribution in [0.2, 0.25) is 0 Å². The molecule has 0 spiro atoms. The average Bonchev–Trinajstić information content (AvgIpc) is 2.46. The Bertz CT molecular complexity index is 530. The molecule has 0 saturated heterocycles. The molecular weight excluding hydrogens is 268 g/mol. The number of rotatable bonds is 4. The summed E-state index contributed by atoms with van der Waals surface area (Å²) in [4.78, 5) is 25.4. The van der Waals surface area contributed by atoms with Gasteiger partial charge in [0, 0.05) is 11.7 Å². The third kappa shape index (κ3) is 3.35. The minimum Gasteiger partial charge on any atom is -0.480 e. The molecule has 1 aliphatic rings. The topological polar surface area (TPSA) is 69.6 Å². The van der Waals surface area contributed by atoms with Crippen molar-refractivity contribution < 1.29 is 14.7 Å². The first-order valence-corrected chi connectivity index (χ1v) is 7.45. The molecule has 1 aromatic rings. The van der Waals surface area contributed by atoms with Crippen LogP contribution < -0.4 is 10.2 Å². The number of carboxylic acid groups (broad SMARTS) is 1. The summed E-state index contributed by atoms with van der Waals surface area (Å²) in [6, 6.07) is 6.71. The first-order valence-electron chi connectivity index (χ1n) is 7.45. The Morgan fingerprint density at radius 2 is 2.14 bits per heavy atom. The molecule has 0 radical (unpaired) electrons. The maximum atomic E-state index is 12.5. The van der Waals surface area contributed by atoms with E-state index in [1.807, 2.05) is 38.1 Å². The molecule has 0 bridgehead atoms. The summed E-state index contributed by atoms with van der Waals surface area (Å²) in [5.41, 5.74) is 2.02. The predicted octanol–water partition coefficient (Wildman–Crippen LogP) is 2.79. The molecule has 0 aliphatic carbocycles. The van der Waals surface area contributed by atoms with Crippen molar-refractivity contribution in [3.8, 4) is 0 Å². The first-order chi connectivity index (χ1) is 10.0. The molecule has 2 atom stereocenters. The lowest BCUT2D eigenvalue weighted by molar-refractivity contribution is -0.139. The molecule has 0 saturated carbocycles. The highest BCUT2D eigenvalue weighted by atomic mass is 16.4.